The van der Waals surface area contributed by atoms with Gasteiger partial charge in [-0.25, -0.2) is 0 Å². The van der Waals surface area contributed by atoms with Crippen molar-refractivity contribution in [2.75, 3.05) is 13.1 Å². The maximum atomic E-state index is 12.5. The van der Waals surface area contributed by atoms with Crippen LogP contribution in [0.5, 0.6) is 0 Å². The van der Waals surface area contributed by atoms with E-state index in [4.69, 9.17) is 4.42 Å². The van der Waals surface area contributed by atoms with E-state index in [2.05, 4.69) is 20.9 Å². The van der Waals surface area contributed by atoms with E-state index in [9.17, 15) is 4.79 Å². The Bertz CT molecular complexity index is 831. The summed E-state index contributed by atoms with van der Waals surface area (Å²) in [7, 11) is 0. The van der Waals surface area contributed by atoms with Crippen molar-refractivity contribution in [2.24, 2.45) is 4.99 Å². The molecule has 1 aromatic carbocycles. The van der Waals surface area contributed by atoms with Crippen molar-refractivity contribution in [3.05, 3.63) is 51.5 Å². The predicted molar refractivity (Wildman–Crippen MR) is 108 cm³/mol. The molecule has 1 aromatic heterocycles. The van der Waals surface area contributed by atoms with Gasteiger partial charge in [-0.1, -0.05) is 30.0 Å². The highest BCUT2D eigenvalue weighted by Gasteiger charge is 2.32. The van der Waals surface area contributed by atoms with E-state index in [-0.39, 0.29) is 5.91 Å². The number of thioether (sulfide) groups is 1. The average molecular weight is 437 g/mol. The summed E-state index contributed by atoms with van der Waals surface area (Å²) in [4.78, 5) is 20.3. The summed E-state index contributed by atoms with van der Waals surface area (Å²) < 4.78 is 6.78. The van der Waals surface area contributed by atoms with E-state index >= 15 is 0 Å². The lowest BCUT2D eigenvalue weighted by atomic mass is 10.3. The molecular formula is C18H17BrN2O2S2. The molecule has 1 amide bonds. The maximum absolute atomic E-state index is 12.5. The zero-order valence-corrected chi connectivity index (χ0v) is 17.1. The van der Waals surface area contributed by atoms with Crippen LogP contribution < -0.4 is 0 Å². The number of halogens is 1. The maximum Gasteiger partial charge on any atom is 0.266 e. The summed E-state index contributed by atoms with van der Waals surface area (Å²) >= 11 is 6.47. The van der Waals surface area contributed by atoms with Crippen LogP contribution in [0, 0.1) is 0 Å². The molecule has 0 atom stereocenters. The number of nitrogens with zero attached hydrogens (tertiary/aromatic N) is 2. The van der Waals surface area contributed by atoms with Gasteiger partial charge in [-0.15, -0.1) is 0 Å². The van der Waals surface area contributed by atoms with Crippen LogP contribution in [0.25, 0.3) is 6.08 Å². The molecule has 0 bridgehead atoms. The molecule has 25 heavy (non-hydrogen) atoms. The van der Waals surface area contributed by atoms with Crippen LogP contribution in [0.2, 0.25) is 0 Å². The molecule has 1 aliphatic rings. The predicted octanol–water partition coefficient (Wildman–Crippen LogP) is 5.51. The number of likely N-dealkylation sites (N-methyl/N-ethyl adjacent to an activating group) is 1. The molecule has 7 heteroatoms. The molecule has 2 heterocycles. The Hall–Kier alpha value is -1.44. The van der Waals surface area contributed by atoms with Crippen molar-refractivity contribution in [2.45, 2.75) is 23.8 Å². The highest BCUT2D eigenvalue weighted by Crippen LogP contribution is 2.38. The zero-order valence-electron chi connectivity index (χ0n) is 13.9. The Kier molecular flexibility index (Phi) is 6.09. The van der Waals surface area contributed by atoms with Crippen LogP contribution in [0.4, 0.5) is 0 Å². The zero-order chi connectivity index (χ0) is 17.8. The van der Waals surface area contributed by atoms with Crippen LogP contribution in [0.3, 0.4) is 0 Å². The smallest absolute Gasteiger partial charge is 0.266 e. The van der Waals surface area contributed by atoms with Crippen LogP contribution in [-0.4, -0.2) is 29.1 Å². The standard InChI is InChI=1S/C18H17BrN2O2S2/c1-3-20-18-21(4-2)16(22)15(25-18)11-12-10-14(19)17(23-12)24-13-8-6-5-7-9-13/h5-11H,3-4H2,1-2H3/b15-11-,20-18?. The third-order valence-corrected chi connectivity index (χ3v) is 6.29. The number of hydrogen-bond donors (Lipinski definition) is 0. The quantitative estimate of drug-likeness (QED) is 0.579. The molecule has 0 spiro atoms. The van der Waals surface area contributed by atoms with Crippen LogP contribution in [0.15, 0.2) is 65.2 Å². The van der Waals surface area contributed by atoms with E-state index in [1.165, 1.54) is 23.5 Å². The highest BCUT2D eigenvalue weighted by molar-refractivity contribution is 9.10. The number of carbonyl (C=O) groups excluding carboxylic acids is 1. The number of amidine groups is 1. The molecule has 2 aromatic rings. The van der Waals surface area contributed by atoms with Gasteiger partial charge in [0.05, 0.1) is 9.38 Å². The number of furan rings is 1. The van der Waals surface area contributed by atoms with Gasteiger partial charge >= 0.3 is 0 Å². The van der Waals surface area contributed by atoms with Gasteiger partial charge in [-0.2, -0.15) is 0 Å². The second-order valence-electron chi connectivity index (χ2n) is 5.12. The third-order valence-electron chi connectivity index (χ3n) is 3.40. The Morgan fingerprint density at radius 2 is 2.08 bits per heavy atom. The minimum absolute atomic E-state index is 0.0236. The van der Waals surface area contributed by atoms with Gasteiger partial charge in [0, 0.05) is 24.1 Å². The fourth-order valence-corrected chi connectivity index (χ4v) is 4.71. The van der Waals surface area contributed by atoms with Crippen molar-refractivity contribution >= 4 is 56.6 Å². The van der Waals surface area contributed by atoms with Gasteiger partial charge in [0.15, 0.2) is 10.3 Å². The Morgan fingerprint density at radius 3 is 2.76 bits per heavy atom. The fraction of sp³-hybridized carbons (Fsp3) is 0.222. The normalized spacial score (nSPS) is 17.9. The molecule has 4 nitrogen and oxygen atoms in total. The minimum atomic E-state index is -0.0236. The molecule has 0 radical (unpaired) electrons. The van der Waals surface area contributed by atoms with Gasteiger partial charge in [0.1, 0.15) is 5.76 Å². The first-order chi connectivity index (χ1) is 12.1. The summed E-state index contributed by atoms with van der Waals surface area (Å²) in [6, 6.07) is 11.9. The van der Waals surface area contributed by atoms with E-state index in [0.717, 1.165) is 19.6 Å². The molecule has 0 N–H and O–H groups in total. The number of benzene rings is 1. The van der Waals surface area contributed by atoms with E-state index in [1.54, 1.807) is 11.0 Å². The van der Waals surface area contributed by atoms with Gasteiger partial charge in [0.25, 0.3) is 5.91 Å². The molecule has 1 saturated heterocycles. The van der Waals surface area contributed by atoms with Gasteiger partial charge < -0.3 is 4.42 Å². The SMILES string of the molecule is CCN=C1S/C(=C\c2cc(Br)c(Sc3ccccc3)o2)C(=O)N1CC. The highest BCUT2D eigenvalue weighted by atomic mass is 79.9. The largest absolute Gasteiger partial charge is 0.449 e. The van der Waals surface area contributed by atoms with E-state index < -0.39 is 0 Å². The van der Waals surface area contributed by atoms with Gasteiger partial charge in [-0.05, 0) is 59.7 Å². The lowest BCUT2D eigenvalue weighted by Gasteiger charge is -2.11. The molecule has 0 aliphatic carbocycles. The molecule has 1 aliphatic heterocycles. The summed E-state index contributed by atoms with van der Waals surface area (Å²) in [5, 5.41) is 1.52. The average Bonchev–Trinajstić information content (AvgIpc) is 3.09. The number of hydrogen-bond acceptors (Lipinski definition) is 5. The van der Waals surface area contributed by atoms with Crippen molar-refractivity contribution < 1.29 is 9.21 Å². The topological polar surface area (TPSA) is 45.8 Å². The summed E-state index contributed by atoms with van der Waals surface area (Å²) in [5.74, 6) is 0.624. The van der Waals surface area contributed by atoms with Crippen molar-refractivity contribution in [1.82, 2.24) is 4.90 Å². The van der Waals surface area contributed by atoms with Crippen LogP contribution in [0.1, 0.15) is 19.6 Å². The second kappa shape index (κ2) is 8.29. The number of aliphatic imine (C=N–C) groups is 1. The van der Waals surface area contributed by atoms with E-state index in [0.29, 0.717) is 23.8 Å². The lowest BCUT2D eigenvalue weighted by Crippen LogP contribution is -2.28. The van der Waals surface area contributed by atoms with Crippen molar-refractivity contribution in [3.63, 3.8) is 0 Å². The summed E-state index contributed by atoms with van der Waals surface area (Å²) in [6.45, 7) is 5.18. The molecule has 0 unspecified atom stereocenters. The number of carbonyl (C=O) groups is 1. The third kappa shape index (κ3) is 4.22. The van der Waals surface area contributed by atoms with Gasteiger partial charge in [0.2, 0.25) is 0 Å². The molecule has 130 valence electrons. The van der Waals surface area contributed by atoms with E-state index in [1.807, 2.05) is 50.2 Å². The first kappa shape index (κ1) is 18.4. The summed E-state index contributed by atoms with van der Waals surface area (Å²) in [5.41, 5.74) is 0. The van der Waals surface area contributed by atoms with Crippen LogP contribution in [-0.2, 0) is 4.79 Å². The second-order valence-corrected chi connectivity index (χ2v) is 8.03. The Morgan fingerprint density at radius 1 is 1.32 bits per heavy atom. The molecular weight excluding hydrogens is 420 g/mol. The fourth-order valence-electron chi connectivity index (χ4n) is 2.27. The first-order valence-corrected chi connectivity index (χ1v) is 10.3. The monoisotopic (exact) mass is 436 g/mol. The number of rotatable bonds is 5. The molecule has 3 rings (SSSR count). The van der Waals surface area contributed by atoms with Crippen molar-refractivity contribution in [3.8, 4) is 0 Å². The lowest BCUT2D eigenvalue weighted by molar-refractivity contribution is -0.122. The molecule has 0 saturated carbocycles. The number of amides is 1. The Balaban J connectivity index is 1.83. The molecule has 1 fully saturated rings. The van der Waals surface area contributed by atoms with Gasteiger partial charge in [-0.3, -0.25) is 14.7 Å². The summed E-state index contributed by atoms with van der Waals surface area (Å²) in [6.07, 6.45) is 1.79. The van der Waals surface area contributed by atoms with Crippen molar-refractivity contribution in [1.29, 1.82) is 0 Å². The minimum Gasteiger partial charge on any atom is -0.449 e. The van der Waals surface area contributed by atoms with Crippen LogP contribution >= 0.6 is 39.5 Å². The Labute approximate surface area is 163 Å². The first-order valence-electron chi connectivity index (χ1n) is 7.90.